The molecule has 4 rings (SSSR count). The number of hydrogen-bond donors (Lipinski definition) is 1. The van der Waals surface area contributed by atoms with Crippen molar-refractivity contribution in [2.75, 3.05) is 32.1 Å². The first-order valence-corrected chi connectivity index (χ1v) is 10.3. The van der Waals surface area contributed by atoms with E-state index in [1.54, 1.807) is 25.0 Å². The van der Waals surface area contributed by atoms with Crippen LogP contribution in [0, 0.1) is 12.8 Å². The molecule has 2 aromatic rings. The summed E-state index contributed by atoms with van der Waals surface area (Å²) in [6.07, 6.45) is 4.06. The summed E-state index contributed by atoms with van der Waals surface area (Å²) in [7, 11) is 1.63. The molecule has 1 atom stereocenters. The minimum absolute atomic E-state index is 0.0107. The zero-order valence-electron chi connectivity index (χ0n) is 17.3. The molecular formula is C22H27N3O5. The monoisotopic (exact) mass is 413 g/mol. The van der Waals surface area contributed by atoms with E-state index < -0.39 is 0 Å². The number of nitrogens with zero attached hydrogens (tertiary/aromatic N) is 2. The number of anilines is 1. The zero-order valence-corrected chi connectivity index (χ0v) is 17.3. The Morgan fingerprint density at radius 2 is 2.13 bits per heavy atom. The molecule has 1 aliphatic heterocycles. The van der Waals surface area contributed by atoms with Crippen molar-refractivity contribution in [3.63, 3.8) is 0 Å². The van der Waals surface area contributed by atoms with E-state index in [-0.39, 0.29) is 24.3 Å². The van der Waals surface area contributed by atoms with Gasteiger partial charge in [-0.05, 0) is 43.4 Å². The standard InChI is InChI=1S/C22H27N3O5/c1-14-8-20(24-30-14)23-21(26)12-25-11-17(10-22(25)27)16-6-7-18(28-2)19(9-16)29-13-15-4-3-5-15/h6-9,15,17H,3-5,10-13H2,1-2H3,(H,23,24,26)/t17-/m1/s1. The number of carbonyl (C=O) groups is 2. The van der Waals surface area contributed by atoms with Crippen molar-refractivity contribution in [2.45, 2.75) is 38.5 Å². The van der Waals surface area contributed by atoms with E-state index in [4.69, 9.17) is 14.0 Å². The van der Waals surface area contributed by atoms with Crippen LogP contribution >= 0.6 is 0 Å². The van der Waals surface area contributed by atoms with Crippen LogP contribution in [0.2, 0.25) is 0 Å². The molecule has 0 radical (unpaired) electrons. The minimum atomic E-state index is -0.295. The fraction of sp³-hybridized carbons (Fsp3) is 0.500. The Morgan fingerprint density at radius 1 is 1.30 bits per heavy atom. The Labute approximate surface area is 175 Å². The number of likely N-dealkylation sites (tertiary alicyclic amines) is 1. The van der Waals surface area contributed by atoms with E-state index in [0.29, 0.717) is 48.6 Å². The van der Waals surface area contributed by atoms with Crippen LogP contribution in [0.1, 0.15) is 42.9 Å². The number of ether oxygens (including phenoxy) is 2. The van der Waals surface area contributed by atoms with E-state index in [1.807, 2.05) is 18.2 Å². The summed E-state index contributed by atoms with van der Waals surface area (Å²) in [5.74, 6) is 2.66. The van der Waals surface area contributed by atoms with Crippen LogP contribution in [-0.2, 0) is 9.59 Å². The first-order valence-electron chi connectivity index (χ1n) is 10.3. The van der Waals surface area contributed by atoms with Crippen molar-refractivity contribution in [1.82, 2.24) is 10.1 Å². The topological polar surface area (TPSA) is 93.9 Å². The Hall–Kier alpha value is -3.03. The molecule has 1 saturated carbocycles. The Kier molecular flexibility index (Phi) is 5.92. The lowest BCUT2D eigenvalue weighted by atomic mass is 9.86. The van der Waals surface area contributed by atoms with E-state index in [2.05, 4.69) is 10.5 Å². The molecule has 0 bridgehead atoms. The van der Waals surface area contributed by atoms with Crippen LogP contribution in [0.4, 0.5) is 5.82 Å². The summed E-state index contributed by atoms with van der Waals surface area (Å²) in [5.41, 5.74) is 1.02. The average Bonchev–Trinajstić information content (AvgIpc) is 3.25. The summed E-state index contributed by atoms with van der Waals surface area (Å²) < 4.78 is 16.4. The first-order chi connectivity index (χ1) is 14.5. The largest absolute Gasteiger partial charge is 0.493 e. The molecule has 8 nitrogen and oxygen atoms in total. The van der Waals surface area contributed by atoms with Gasteiger partial charge in [-0.25, -0.2) is 0 Å². The van der Waals surface area contributed by atoms with Gasteiger partial charge >= 0.3 is 0 Å². The second-order valence-electron chi connectivity index (χ2n) is 8.06. The van der Waals surface area contributed by atoms with Crippen LogP contribution < -0.4 is 14.8 Å². The quantitative estimate of drug-likeness (QED) is 0.715. The normalized spacial score (nSPS) is 18.9. The molecule has 1 N–H and O–H groups in total. The number of hydrogen-bond acceptors (Lipinski definition) is 6. The highest BCUT2D eigenvalue weighted by Crippen LogP contribution is 2.36. The third-order valence-electron chi connectivity index (χ3n) is 5.80. The van der Waals surface area contributed by atoms with Crippen molar-refractivity contribution in [1.29, 1.82) is 0 Å². The molecule has 2 amide bonds. The van der Waals surface area contributed by atoms with Crippen molar-refractivity contribution < 1.29 is 23.6 Å². The van der Waals surface area contributed by atoms with Gasteiger partial charge in [0.2, 0.25) is 11.8 Å². The van der Waals surface area contributed by atoms with Gasteiger partial charge in [-0.1, -0.05) is 17.6 Å². The lowest BCUT2D eigenvalue weighted by Gasteiger charge is -2.25. The molecule has 1 aliphatic carbocycles. The maximum absolute atomic E-state index is 12.5. The number of carbonyl (C=O) groups excluding carboxylic acids is 2. The molecule has 160 valence electrons. The molecule has 0 spiro atoms. The van der Waals surface area contributed by atoms with E-state index >= 15 is 0 Å². The molecule has 0 unspecified atom stereocenters. The number of aromatic nitrogens is 1. The smallest absolute Gasteiger partial charge is 0.245 e. The molecule has 8 heteroatoms. The highest BCUT2D eigenvalue weighted by molar-refractivity contribution is 5.94. The summed E-state index contributed by atoms with van der Waals surface area (Å²) in [6, 6.07) is 7.46. The van der Waals surface area contributed by atoms with Crippen molar-refractivity contribution in [3.8, 4) is 11.5 Å². The van der Waals surface area contributed by atoms with Crippen molar-refractivity contribution in [3.05, 3.63) is 35.6 Å². The van der Waals surface area contributed by atoms with Crippen LogP contribution in [0.5, 0.6) is 11.5 Å². The Morgan fingerprint density at radius 3 is 2.80 bits per heavy atom. The Balaban J connectivity index is 1.38. The highest BCUT2D eigenvalue weighted by atomic mass is 16.5. The number of methoxy groups -OCH3 is 1. The lowest BCUT2D eigenvalue weighted by Crippen LogP contribution is -2.34. The molecule has 2 heterocycles. The van der Waals surface area contributed by atoms with Crippen LogP contribution in [0.3, 0.4) is 0 Å². The molecule has 2 aliphatic rings. The Bertz CT molecular complexity index is 921. The van der Waals surface area contributed by atoms with Gasteiger partial charge in [0.05, 0.1) is 20.3 Å². The highest BCUT2D eigenvalue weighted by Gasteiger charge is 2.32. The maximum Gasteiger partial charge on any atom is 0.245 e. The molecule has 1 saturated heterocycles. The van der Waals surface area contributed by atoms with Gasteiger partial charge in [0, 0.05) is 24.9 Å². The van der Waals surface area contributed by atoms with Gasteiger partial charge in [0.1, 0.15) is 5.76 Å². The average molecular weight is 413 g/mol. The van der Waals surface area contributed by atoms with E-state index in [1.165, 1.54) is 19.3 Å². The van der Waals surface area contributed by atoms with Gasteiger partial charge in [0.25, 0.3) is 0 Å². The fourth-order valence-electron chi connectivity index (χ4n) is 3.86. The third-order valence-corrected chi connectivity index (χ3v) is 5.80. The molecule has 30 heavy (non-hydrogen) atoms. The number of benzene rings is 1. The van der Waals surface area contributed by atoms with Gasteiger partial charge in [-0.15, -0.1) is 0 Å². The first kappa shape index (κ1) is 20.3. The predicted molar refractivity (Wildman–Crippen MR) is 110 cm³/mol. The van der Waals surface area contributed by atoms with Crippen molar-refractivity contribution >= 4 is 17.6 Å². The maximum atomic E-state index is 12.5. The number of nitrogens with one attached hydrogen (secondary N) is 1. The van der Waals surface area contributed by atoms with Crippen molar-refractivity contribution in [2.24, 2.45) is 5.92 Å². The van der Waals surface area contributed by atoms with Gasteiger partial charge < -0.3 is 24.2 Å². The van der Waals surface area contributed by atoms with Crippen LogP contribution in [0.15, 0.2) is 28.8 Å². The third kappa shape index (κ3) is 4.58. The number of amides is 2. The summed E-state index contributed by atoms with van der Waals surface area (Å²) in [5, 5.41) is 6.39. The molecular weight excluding hydrogens is 386 g/mol. The van der Waals surface area contributed by atoms with Crippen LogP contribution in [0.25, 0.3) is 0 Å². The van der Waals surface area contributed by atoms with E-state index in [0.717, 1.165) is 5.56 Å². The summed E-state index contributed by atoms with van der Waals surface area (Å²) >= 11 is 0. The number of rotatable bonds is 8. The lowest BCUT2D eigenvalue weighted by molar-refractivity contribution is -0.131. The van der Waals surface area contributed by atoms with Crippen LogP contribution in [-0.4, -0.2) is 48.7 Å². The second kappa shape index (κ2) is 8.77. The van der Waals surface area contributed by atoms with Gasteiger partial charge in [-0.3, -0.25) is 9.59 Å². The fourth-order valence-corrected chi connectivity index (χ4v) is 3.86. The molecule has 2 fully saturated rings. The van der Waals surface area contributed by atoms with Gasteiger partial charge in [0.15, 0.2) is 17.3 Å². The second-order valence-corrected chi connectivity index (χ2v) is 8.06. The summed E-state index contributed by atoms with van der Waals surface area (Å²) in [6.45, 7) is 2.91. The van der Waals surface area contributed by atoms with Gasteiger partial charge in [-0.2, -0.15) is 0 Å². The summed E-state index contributed by atoms with van der Waals surface area (Å²) in [4.78, 5) is 26.3. The molecule has 1 aromatic heterocycles. The minimum Gasteiger partial charge on any atom is -0.493 e. The van der Waals surface area contributed by atoms with E-state index in [9.17, 15) is 9.59 Å². The predicted octanol–water partition coefficient (Wildman–Crippen LogP) is 3.13. The SMILES string of the molecule is COc1ccc([C@@H]2CC(=O)N(CC(=O)Nc3cc(C)on3)C2)cc1OCC1CCC1. The zero-order chi connectivity index (χ0) is 21.1. The molecule has 1 aromatic carbocycles. The number of aryl methyl sites for hydroxylation is 1.